The van der Waals surface area contributed by atoms with Crippen LogP contribution in [0.1, 0.15) is 59.3 Å². The van der Waals surface area contributed by atoms with Gasteiger partial charge in [0.05, 0.1) is 6.42 Å². The first-order valence-electron chi connectivity index (χ1n) is 7.91. The number of hydrogen-bond acceptors (Lipinski definition) is 2. The third-order valence-electron chi connectivity index (χ3n) is 3.96. The fourth-order valence-corrected chi connectivity index (χ4v) is 3.07. The minimum atomic E-state index is -0.872. The molecule has 1 saturated carbocycles. The lowest BCUT2D eigenvalue weighted by Gasteiger charge is -2.28. The number of nitrogens with one attached hydrogen (secondary N) is 1. The highest BCUT2D eigenvalue weighted by Gasteiger charge is 2.25. The van der Waals surface area contributed by atoms with Crippen molar-refractivity contribution in [1.29, 1.82) is 0 Å². The van der Waals surface area contributed by atoms with Gasteiger partial charge in [-0.05, 0) is 30.6 Å². The van der Waals surface area contributed by atoms with Crippen molar-refractivity contribution in [2.45, 2.75) is 65.3 Å². The van der Waals surface area contributed by atoms with E-state index in [1.165, 1.54) is 25.7 Å². The predicted molar refractivity (Wildman–Crippen MR) is 83.2 cm³/mol. The van der Waals surface area contributed by atoms with Crippen LogP contribution in [-0.2, 0) is 4.79 Å². The van der Waals surface area contributed by atoms with Gasteiger partial charge in [-0.3, -0.25) is 4.79 Å². The van der Waals surface area contributed by atoms with Crippen molar-refractivity contribution in [2.75, 3.05) is 13.6 Å². The van der Waals surface area contributed by atoms with Crippen molar-refractivity contribution in [3.63, 3.8) is 0 Å². The molecule has 122 valence electrons. The Morgan fingerprint density at radius 1 is 1.29 bits per heavy atom. The van der Waals surface area contributed by atoms with E-state index in [1.54, 1.807) is 11.9 Å². The number of nitrogens with zero attached hydrogens (tertiary/aromatic N) is 1. The second kappa shape index (κ2) is 7.66. The fraction of sp³-hybridized carbons (Fsp3) is 0.875. The largest absolute Gasteiger partial charge is 0.481 e. The van der Waals surface area contributed by atoms with E-state index < -0.39 is 5.97 Å². The number of carbonyl (C=O) groups is 2. The molecule has 2 amide bonds. The lowest BCUT2D eigenvalue weighted by Crippen LogP contribution is -2.46. The molecule has 5 heteroatoms. The van der Waals surface area contributed by atoms with Crippen molar-refractivity contribution >= 4 is 12.0 Å². The molecule has 0 aromatic carbocycles. The molecule has 0 bridgehead atoms. The summed E-state index contributed by atoms with van der Waals surface area (Å²) in [5.74, 6) is -0.274. The normalized spacial score (nSPS) is 17.5. The number of carboxylic acid groups (broad SMARTS) is 1. The number of aliphatic carboxylic acids is 1. The SMILES string of the molecule is CN(CC1CCCC1)C(=O)NC(CC(=O)O)CC(C)(C)C. The van der Waals surface area contributed by atoms with E-state index in [0.29, 0.717) is 12.3 Å². The number of hydrogen-bond donors (Lipinski definition) is 2. The predicted octanol–water partition coefficient (Wildman–Crippen LogP) is 3.10. The summed E-state index contributed by atoms with van der Waals surface area (Å²) in [6.45, 7) is 6.92. The van der Waals surface area contributed by atoms with Gasteiger partial charge < -0.3 is 15.3 Å². The first kappa shape index (κ1) is 17.8. The average Bonchev–Trinajstić information content (AvgIpc) is 2.78. The van der Waals surface area contributed by atoms with Crippen LogP contribution in [0.3, 0.4) is 0 Å². The van der Waals surface area contributed by atoms with Crippen LogP contribution in [0.25, 0.3) is 0 Å². The maximum Gasteiger partial charge on any atom is 0.317 e. The zero-order valence-electron chi connectivity index (χ0n) is 13.8. The number of carboxylic acids is 1. The Balaban J connectivity index is 2.50. The monoisotopic (exact) mass is 298 g/mol. The highest BCUT2D eigenvalue weighted by atomic mass is 16.4. The molecule has 1 atom stereocenters. The number of urea groups is 1. The van der Waals surface area contributed by atoms with Crippen molar-refractivity contribution in [3.8, 4) is 0 Å². The van der Waals surface area contributed by atoms with Crippen molar-refractivity contribution in [2.24, 2.45) is 11.3 Å². The Bertz CT molecular complexity index is 357. The zero-order valence-corrected chi connectivity index (χ0v) is 13.8. The molecule has 0 spiro atoms. The average molecular weight is 298 g/mol. The van der Waals surface area contributed by atoms with Crippen molar-refractivity contribution in [1.82, 2.24) is 10.2 Å². The van der Waals surface area contributed by atoms with E-state index in [1.807, 2.05) is 0 Å². The molecule has 0 aromatic rings. The molecule has 0 aromatic heterocycles. The lowest BCUT2D eigenvalue weighted by atomic mass is 9.87. The van der Waals surface area contributed by atoms with Gasteiger partial charge in [-0.1, -0.05) is 33.6 Å². The first-order chi connectivity index (χ1) is 9.67. The van der Waals surface area contributed by atoms with Crippen LogP contribution in [-0.4, -0.2) is 41.6 Å². The Kier molecular flexibility index (Phi) is 6.49. The topological polar surface area (TPSA) is 69.6 Å². The van der Waals surface area contributed by atoms with E-state index in [9.17, 15) is 9.59 Å². The van der Waals surface area contributed by atoms with Gasteiger partial charge in [0, 0.05) is 19.6 Å². The van der Waals surface area contributed by atoms with E-state index in [-0.39, 0.29) is 23.9 Å². The highest BCUT2D eigenvalue weighted by molar-refractivity contribution is 5.75. The van der Waals surface area contributed by atoms with Crippen LogP contribution in [0, 0.1) is 11.3 Å². The molecular weight excluding hydrogens is 268 g/mol. The van der Waals surface area contributed by atoms with Gasteiger partial charge in [0.15, 0.2) is 0 Å². The first-order valence-corrected chi connectivity index (χ1v) is 7.91. The van der Waals surface area contributed by atoms with Gasteiger partial charge >= 0.3 is 12.0 Å². The molecule has 0 saturated heterocycles. The third-order valence-corrected chi connectivity index (χ3v) is 3.96. The van der Waals surface area contributed by atoms with E-state index in [2.05, 4.69) is 26.1 Å². The Hall–Kier alpha value is -1.26. The summed E-state index contributed by atoms with van der Waals surface area (Å²) < 4.78 is 0. The highest BCUT2D eigenvalue weighted by Crippen LogP contribution is 2.25. The number of rotatable bonds is 6. The summed E-state index contributed by atoms with van der Waals surface area (Å²) in [6, 6.07) is -0.474. The second-order valence-electron chi connectivity index (χ2n) is 7.54. The van der Waals surface area contributed by atoms with Crippen LogP contribution >= 0.6 is 0 Å². The standard InChI is InChI=1S/C16H30N2O3/c1-16(2,3)10-13(9-14(19)20)17-15(21)18(4)11-12-7-5-6-8-12/h12-13H,5-11H2,1-4H3,(H,17,21)(H,19,20). The third kappa shape index (κ3) is 7.34. The van der Waals surface area contributed by atoms with Gasteiger partial charge in [-0.25, -0.2) is 4.79 Å². The summed E-state index contributed by atoms with van der Waals surface area (Å²) >= 11 is 0. The van der Waals surface area contributed by atoms with Crippen LogP contribution < -0.4 is 5.32 Å². The molecule has 0 radical (unpaired) electrons. The van der Waals surface area contributed by atoms with Crippen LogP contribution in [0.5, 0.6) is 0 Å². The van der Waals surface area contributed by atoms with Crippen LogP contribution in [0.15, 0.2) is 0 Å². The van der Waals surface area contributed by atoms with Gasteiger partial charge in [-0.15, -0.1) is 0 Å². The van der Waals surface area contributed by atoms with E-state index >= 15 is 0 Å². The van der Waals surface area contributed by atoms with Crippen molar-refractivity contribution in [3.05, 3.63) is 0 Å². The molecule has 5 nitrogen and oxygen atoms in total. The maximum atomic E-state index is 12.2. The van der Waals surface area contributed by atoms with Crippen LogP contribution in [0.2, 0.25) is 0 Å². The van der Waals surface area contributed by atoms with Gasteiger partial charge in [0.2, 0.25) is 0 Å². The fourth-order valence-electron chi connectivity index (χ4n) is 3.07. The second-order valence-corrected chi connectivity index (χ2v) is 7.54. The Morgan fingerprint density at radius 2 is 1.86 bits per heavy atom. The summed E-state index contributed by atoms with van der Waals surface area (Å²) in [5.41, 5.74) is -0.0164. The van der Waals surface area contributed by atoms with Crippen LogP contribution in [0.4, 0.5) is 4.79 Å². The minimum absolute atomic E-state index is 0.0164. The van der Waals surface area contributed by atoms with Crippen molar-refractivity contribution < 1.29 is 14.7 Å². The molecule has 1 fully saturated rings. The van der Waals surface area contributed by atoms with Gasteiger partial charge in [0.1, 0.15) is 0 Å². The molecule has 1 rings (SSSR count). The smallest absolute Gasteiger partial charge is 0.317 e. The molecule has 0 aliphatic heterocycles. The molecule has 0 heterocycles. The molecular formula is C16H30N2O3. The molecule has 1 unspecified atom stereocenters. The van der Waals surface area contributed by atoms with E-state index in [0.717, 1.165) is 6.54 Å². The molecule has 1 aliphatic rings. The maximum absolute atomic E-state index is 12.2. The summed E-state index contributed by atoms with van der Waals surface area (Å²) in [7, 11) is 1.79. The minimum Gasteiger partial charge on any atom is -0.481 e. The summed E-state index contributed by atoms with van der Waals surface area (Å²) in [5, 5.41) is 11.9. The zero-order chi connectivity index (χ0) is 16.0. The van der Waals surface area contributed by atoms with E-state index in [4.69, 9.17) is 5.11 Å². The Morgan fingerprint density at radius 3 is 2.33 bits per heavy atom. The molecule has 2 N–H and O–H groups in total. The quantitative estimate of drug-likeness (QED) is 0.791. The van der Waals surface area contributed by atoms with Gasteiger partial charge in [0.25, 0.3) is 0 Å². The number of amides is 2. The molecule has 21 heavy (non-hydrogen) atoms. The van der Waals surface area contributed by atoms with Gasteiger partial charge in [-0.2, -0.15) is 0 Å². The lowest BCUT2D eigenvalue weighted by molar-refractivity contribution is -0.137. The summed E-state index contributed by atoms with van der Waals surface area (Å²) in [4.78, 5) is 24.9. The summed E-state index contributed by atoms with van der Waals surface area (Å²) in [6.07, 6.45) is 5.52. The number of carbonyl (C=O) groups excluding carboxylic acids is 1. The molecule has 1 aliphatic carbocycles. The Labute approximate surface area is 128 Å².